The summed E-state index contributed by atoms with van der Waals surface area (Å²) in [7, 11) is 0. The molecule has 0 radical (unpaired) electrons. The number of nitrogens with one attached hydrogen (secondary N) is 1. The molecular formula is C28H30F4N6O2. The molecule has 12 heteroatoms. The van der Waals surface area contributed by atoms with E-state index in [1.165, 1.54) is 24.4 Å². The second-order valence-corrected chi connectivity index (χ2v) is 11.4. The zero-order chi connectivity index (χ0) is 27.5. The molecule has 4 fully saturated rings. The molecule has 1 aromatic carbocycles. The molecular weight excluding hydrogens is 528 g/mol. The molecule has 0 bridgehead atoms. The van der Waals surface area contributed by atoms with E-state index in [-0.39, 0.29) is 40.5 Å². The Morgan fingerprint density at radius 1 is 1.18 bits per heavy atom. The third kappa shape index (κ3) is 4.27. The van der Waals surface area contributed by atoms with Gasteiger partial charge in [-0.15, -0.1) is 0 Å². The number of anilines is 1. The second kappa shape index (κ2) is 9.78. The van der Waals surface area contributed by atoms with Gasteiger partial charge in [-0.2, -0.15) is 9.97 Å². The van der Waals surface area contributed by atoms with Crippen LogP contribution in [0.1, 0.15) is 31.3 Å². The van der Waals surface area contributed by atoms with E-state index in [1.807, 2.05) is 4.90 Å². The fourth-order valence-electron chi connectivity index (χ4n) is 6.74. The number of aromatic nitrogens is 3. The van der Waals surface area contributed by atoms with Gasteiger partial charge in [0.15, 0.2) is 5.82 Å². The van der Waals surface area contributed by atoms with Crippen molar-refractivity contribution in [1.29, 1.82) is 0 Å². The molecule has 3 aromatic rings. The van der Waals surface area contributed by atoms with E-state index in [9.17, 15) is 13.2 Å². The van der Waals surface area contributed by atoms with Gasteiger partial charge in [-0.3, -0.25) is 9.88 Å². The van der Waals surface area contributed by atoms with Crippen molar-refractivity contribution in [2.24, 2.45) is 0 Å². The Kier molecular flexibility index (Phi) is 6.32. The van der Waals surface area contributed by atoms with Crippen LogP contribution in [-0.4, -0.2) is 89.6 Å². The third-order valence-corrected chi connectivity index (χ3v) is 8.76. The lowest BCUT2D eigenvalue weighted by atomic mass is 9.94. The number of fused-ring (bicyclic) bond motifs is 2. The number of hydrogen-bond acceptors (Lipinski definition) is 8. The van der Waals surface area contributed by atoms with E-state index in [4.69, 9.17) is 14.5 Å². The average Bonchev–Trinajstić information content (AvgIpc) is 3.47. The summed E-state index contributed by atoms with van der Waals surface area (Å²) in [5.41, 5.74) is -1.22. The van der Waals surface area contributed by atoms with Crippen molar-refractivity contribution < 1.29 is 27.0 Å². The molecule has 40 heavy (non-hydrogen) atoms. The number of pyridine rings is 1. The van der Waals surface area contributed by atoms with Gasteiger partial charge in [-0.1, -0.05) is 24.3 Å². The Balaban J connectivity index is 1.31. The number of piperazine rings is 1. The highest BCUT2D eigenvalue weighted by Gasteiger charge is 2.49. The standard InChI is InChI=1S/C28H30F4N6O2/c29-17-10-28(6-3-8-38(28)12-17)16-40-26-35-23-20(25(36-26)37-9-7-34-27(13-37)14-39-15-27)11-33-22(21(23)30)18-4-1-2-5-19(18)24(31)32/h1-2,4-5,11,17,24,34H,3,6-10,12-16H2/t17-,28+/m1/s1. The van der Waals surface area contributed by atoms with Crippen LogP contribution in [-0.2, 0) is 4.74 Å². The zero-order valence-corrected chi connectivity index (χ0v) is 21.9. The Hall–Kier alpha value is -3.09. The van der Waals surface area contributed by atoms with Crippen molar-refractivity contribution in [3.05, 3.63) is 41.8 Å². The van der Waals surface area contributed by atoms with Crippen LogP contribution in [0, 0.1) is 5.82 Å². The molecule has 8 nitrogen and oxygen atoms in total. The summed E-state index contributed by atoms with van der Waals surface area (Å²) in [6, 6.07) is 5.72. The van der Waals surface area contributed by atoms with Gasteiger partial charge >= 0.3 is 6.01 Å². The van der Waals surface area contributed by atoms with E-state index in [0.29, 0.717) is 57.0 Å². The highest BCUT2D eigenvalue weighted by molar-refractivity contribution is 5.92. The number of benzene rings is 1. The molecule has 2 aromatic heterocycles. The van der Waals surface area contributed by atoms with Crippen molar-refractivity contribution in [2.75, 3.05) is 57.4 Å². The van der Waals surface area contributed by atoms with Gasteiger partial charge in [0.2, 0.25) is 0 Å². The van der Waals surface area contributed by atoms with Crippen LogP contribution in [0.4, 0.5) is 23.4 Å². The van der Waals surface area contributed by atoms with E-state index < -0.39 is 24.0 Å². The minimum Gasteiger partial charge on any atom is -0.461 e. The van der Waals surface area contributed by atoms with Crippen molar-refractivity contribution in [2.45, 2.75) is 42.9 Å². The van der Waals surface area contributed by atoms with E-state index >= 15 is 4.39 Å². The van der Waals surface area contributed by atoms with Crippen LogP contribution in [0.15, 0.2) is 30.5 Å². The summed E-state index contributed by atoms with van der Waals surface area (Å²) in [5, 5.41) is 3.87. The monoisotopic (exact) mass is 558 g/mol. The molecule has 212 valence electrons. The molecule has 0 saturated carbocycles. The Morgan fingerprint density at radius 2 is 2.02 bits per heavy atom. The SMILES string of the molecule is Fc1c(-c2ccccc2C(F)F)ncc2c(N3CCNC4(COC4)C3)nc(OC[C@@]34CCCN3C[C@H](F)C4)nc12. The summed E-state index contributed by atoms with van der Waals surface area (Å²) < 4.78 is 69.7. The smallest absolute Gasteiger partial charge is 0.319 e. The molecule has 6 heterocycles. The van der Waals surface area contributed by atoms with Crippen LogP contribution >= 0.6 is 0 Å². The maximum Gasteiger partial charge on any atom is 0.319 e. The van der Waals surface area contributed by atoms with Crippen LogP contribution in [0.3, 0.4) is 0 Å². The van der Waals surface area contributed by atoms with Crippen molar-refractivity contribution in [1.82, 2.24) is 25.2 Å². The van der Waals surface area contributed by atoms with Gasteiger partial charge in [0.25, 0.3) is 6.43 Å². The van der Waals surface area contributed by atoms with E-state index in [2.05, 4.69) is 20.2 Å². The Morgan fingerprint density at radius 3 is 2.83 bits per heavy atom. The summed E-state index contributed by atoms with van der Waals surface area (Å²) in [6.07, 6.45) is -0.128. The third-order valence-electron chi connectivity index (χ3n) is 8.76. The number of halogens is 4. The first kappa shape index (κ1) is 25.8. The largest absolute Gasteiger partial charge is 0.461 e. The fraction of sp³-hybridized carbons (Fsp3) is 0.536. The predicted molar refractivity (Wildman–Crippen MR) is 140 cm³/mol. The fourth-order valence-corrected chi connectivity index (χ4v) is 6.74. The van der Waals surface area contributed by atoms with Gasteiger partial charge in [-0.05, 0) is 19.4 Å². The highest BCUT2D eigenvalue weighted by Crippen LogP contribution is 2.41. The number of alkyl halides is 3. The van der Waals surface area contributed by atoms with Crippen molar-refractivity contribution in [3.63, 3.8) is 0 Å². The lowest BCUT2D eigenvalue weighted by Crippen LogP contribution is -2.70. The first-order chi connectivity index (χ1) is 19.4. The maximum absolute atomic E-state index is 16.2. The molecule has 0 amide bonds. The highest BCUT2D eigenvalue weighted by atomic mass is 19.3. The van der Waals surface area contributed by atoms with Crippen LogP contribution < -0.4 is 15.0 Å². The Labute approximate surface area is 228 Å². The van der Waals surface area contributed by atoms with Crippen molar-refractivity contribution >= 4 is 16.7 Å². The lowest BCUT2D eigenvalue weighted by Gasteiger charge is -2.49. The topological polar surface area (TPSA) is 75.6 Å². The number of hydrogen-bond donors (Lipinski definition) is 1. The molecule has 4 aliphatic rings. The quantitative estimate of drug-likeness (QED) is 0.457. The molecule has 1 spiro atoms. The molecule has 0 unspecified atom stereocenters. The van der Waals surface area contributed by atoms with Gasteiger partial charge in [-0.25, -0.2) is 17.6 Å². The second-order valence-electron chi connectivity index (χ2n) is 11.4. The lowest BCUT2D eigenvalue weighted by molar-refractivity contribution is -0.0743. The van der Waals surface area contributed by atoms with Crippen LogP contribution in [0.25, 0.3) is 22.2 Å². The first-order valence-corrected chi connectivity index (χ1v) is 13.7. The number of nitrogens with zero attached hydrogens (tertiary/aromatic N) is 5. The van der Waals surface area contributed by atoms with Crippen molar-refractivity contribution in [3.8, 4) is 17.3 Å². The molecule has 0 aliphatic carbocycles. The van der Waals surface area contributed by atoms with Gasteiger partial charge < -0.3 is 19.7 Å². The normalized spacial score (nSPS) is 26.0. The molecule has 4 saturated heterocycles. The van der Waals surface area contributed by atoms with Gasteiger partial charge in [0.1, 0.15) is 29.8 Å². The summed E-state index contributed by atoms with van der Waals surface area (Å²) in [6.45, 7) is 4.35. The zero-order valence-electron chi connectivity index (χ0n) is 21.9. The maximum atomic E-state index is 16.2. The number of ether oxygens (including phenoxy) is 2. The summed E-state index contributed by atoms with van der Waals surface area (Å²) >= 11 is 0. The summed E-state index contributed by atoms with van der Waals surface area (Å²) in [4.78, 5) is 17.6. The molecule has 2 atom stereocenters. The molecule has 1 N–H and O–H groups in total. The van der Waals surface area contributed by atoms with Crippen LogP contribution in [0.2, 0.25) is 0 Å². The predicted octanol–water partition coefficient (Wildman–Crippen LogP) is 3.90. The minimum absolute atomic E-state index is 0.00713. The number of rotatable bonds is 6. The van der Waals surface area contributed by atoms with Gasteiger partial charge in [0.05, 0.1) is 29.7 Å². The Bertz CT molecular complexity index is 1440. The van der Waals surface area contributed by atoms with E-state index in [1.54, 1.807) is 6.07 Å². The molecule has 4 aliphatic heterocycles. The first-order valence-electron chi connectivity index (χ1n) is 13.7. The van der Waals surface area contributed by atoms with E-state index in [0.717, 1.165) is 19.4 Å². The van der Waals surface area contributed by atoms with Gasteiger partial charge in [0, 0.05) is 49.9 Å². The van der Waals surface area contributed by atoms with Crippen LogP contribution in [0.5, 0.6) is 6.01 Å². The average molecular weight is 559 g/mol. The minimum atomic E-state index is -2.80. The molecule has 7 rings (SSSR count). The summed E-state index contributed by atoms with van der Waals surface area (Å²) in [5.74, 6) is -0.357.